The Labute approximate surface area is 176 Å². The first-order valence-electron chi connectivity index (χ1n) is 9.83. The zero-order valence-corrected chi connectivity index (χ0v) is 18.1. The molecule has 0 aliphatic carbocycles. The van der Waals surface area contributed by atoms with Gasteiger partial charge in [0.25, 0.3) is 5.91 Å². The van der Waals surface area contributed by atoms with Crippen molar-refractivity contribution < 1.29 is 14.3 Å². The number of anilines is 1. The predicted octanol–water partition coefficient (Wildman–Crippen LogP) is 4.19. The third-order valence-electron chi connectivity index (χ3n) is 4.78. The van der Waals surface area contributed by atoms with Gasteiger partial charge >= 0.3 is 0 Å². The lowest BCUT2D eigenvalue weighted by atomic mass is 9.87. The average molecular weight is 413 g/mol. The topological polar surface area (TPSA) is 58.6 Å². The first-order chi connectivity index (χ1) is 13.8. The van der Waals surface area contributed by atoms with Crippen molar-refractivity contribution in [1.29, 1.82) is 0 Å². The Hall–Kier alpha value is -2.31. The molecule has 1 heterocycles. The van der Waals surface area contributed by atoms with E-state index in [0.717, 1.165) is 4.90 Å². The number of ether oxygens (including phenoxy) is 1. The molecule has 1 N–H and O–H groups in total. The van der Waals surface area contributed by atoms with Crippen LogP contribution < -0.4 is 5.32 Å². The number of nitrogens with zero attached hydrogens (tertiary/aromatic N) is 1. The fraction of sp³-hybridized carbons (Fsp3) is 0.391. The van der Waals surface area contributed by atoms with Crippen molar-refractivity contribution in [2.75, 3.05) is 37.4 Å². The highest BCUT2D eigenvalue weighted by Crippen LogP contribution is 2.25. The quantitative estimate of drug-likeness (QED) is 0.748. The van der Waals surface area contributed by atoms with Gasteiger partial charge in [0.1, 0.15) is 0 Å². The molecule has 1 aliphatic heterocycles. The number of amides is 2. The van der Waals surface area contributed by atoms with Gasteiger partial charge in [-0.1, -0.05) is 39.0 Å². The van der Waals surface area contributed by atoms with E-state index < -0.39 is 0 Å². The van der Waals surface area contributed by atoms with Crippen LogP contribution in [0.2, 0.25) is 0 Å². The maximum atomic E-state index is 12.6. The normalized spacial score (nSPS) is 14.5. The summed E-state index contributed by atoms with van der Waals surface area (Å²) in [4.78, 5) is 27.8. The second kappa shape index (κ2) is 9.46. The van der Waals surface area contributed by atoms with Crippen LogP contribution in [0.3, 0.4) is 0 Å². The maximum absolute atomic E-state index is 12.6. The van der Waals surface area contributed by atoms with Crippen molar-refractivity contribution in [1.82, 2.24) is 4.90 Å². The van der Waals surface area contributed by atoms with Crippen molar-refractivity contribution in [3.05, 3.63) is 59.7 Å². The van der Waals surface area contributed by atoms with Gasteiger partial charge in [-0.2, -0.15) is 0 Å². The van der Waals surface area contributed by atoms with Crippen LogP contribution in [-0.2, 0) is 14.9 Å². The van der Waals surface area contributed by atoms with Gasteiger partial charge in [-0.15, -0.1) is 11.8 Å². The van der Waals surface area contributed by atoms with Gasteiger partial charge in [-0.3, -0.25) is 9.59 Å². The third kappa shape index (κ3) is 6.08. The molecule has 3 rings (SSSR count). The number of hydrogen-bond acceptors (Lipinski definition) is 4. The Bertz CT molecular complexity index is 853. The summed E-state index contributed by atoms with van der Waals surface area (Å²) in [5.41, 5.74) is 2.60. The molecular weight excluding hydrogens is 384 g/mol. The van der Waals surface area contributed by atoms with Crippen LogP contribution in [-0.4, -0.2) is 48.8 Å². The molecule has 0 spiro atoms. The Morgan fingerprint density at radius 3 is 2.41 bits per heavy atom. The SMILES string of the molecule is CC(C)(C)c1ccc(SCC(=O)Nc2cccc(C(=O)N3CCOCC3)c2)cc1. The fourth-order valence-corrected chi connectivity index (χ4v) is 3.77. The molecule has 0 atom stereocenters. The van der Waals surface area contributed by atoms with Gasteiger partial charge in [0.15, 0.2) is 0 Å². The standard InChI is InChI=1S/C23H28N2O3S/c1-23(2,3)18-7-9-20(10-8-18)29-16-21(26)24-19-6-4-5-17(15-19)22(27)25-11-13-28-14-12-25/h4-10,15H,11-14,16H2,1-3H3,(H,24,26). The van der Waals surface area contributed by atoms with Gasteiger partial charge in [0.05, 0.1) is 19.0 Å². The van der Waals surface area contributed by atoms with Crippen molar-refractivity contribution in [3.8, 4) is 0 Å². The van der Waals surface area contributed by atoms with Crippen LogP contribution in [0.1, 0.15) is 36.7 Å². The minimum absolute atomic E-state index is 0.0299. The van der Waals surface area contributed by atoms with E-state index in [9.17, 15) is 9.59 Å². The van der Waals surface area contributed by atoms with E-state index in [1.54, 1.807) is 29.2 Å². The zero-order valence-electron chi connectivity index (χ0n) is 17.2. The molecule has 1 aliphatic rings. The monoisotopic (exact) mass is 412 g/mol. The van der Waals surface area contributed by atoms with Gasteiger partial charge in [-0.25, -0.2) is 0 Å². The number of carbonyl (C=O) groups excluding carboxylic acids is 2. The second-order valence-corrected chi connectivity index (χ2v) is 9.15. The lowest BCUT2D eigenvalue weighted by molar-refractivity contribution is -0.113. The highest BCUT2D eigenvalue weighted by Gasteiger charge is 2.19. The number of hydrogen-bond donors (Lipinski definition) is 1. The molecule has 5 nitrogen and oxygen atoms in total. The number of carbonyl (C=O) groups is 2. The number of nitrogens with one attached hydrogen (secondary N) is 1. The van der Waals surface area contributed by atoms with Crippen molar-refractivity contribution >= 4 is 29.3 Å². The molecule has 2 amide bonds. The van der Waals surface area contributed by atoms with Crippen LogP contribution in [0, 0.1) is 0 Å². The summed E-state index contributed by atoms with van der Waals surface area (Å²) >= 11 is 1.50. The number of morpholine rings is 1. The van der Waals surface area contributed by atoms with E-state index in [1.807, 2.05) is 0 Å². The van der Waals surface area contributed by atoms with Gasteiger partial charge in [0.2, 0.25) is 5.91 Å². The highest BCUT2D eigenvalue weighted by molar-refractivity contribution is 8.00. The van der Waals surface area contributed by atoms with Crippen molar-refractivity contribution in [3.63, 3.8) is 0 Å². The van der Waals surface area contributed by atoms with E-state index in [4.69, 9.17) is 4.74 Å². The number of benzene rings is 2. The van der Waals surface area contributed by atoms with Gasteiger partial charge < -0.3 is 15.0 Å². The van der Waals surface area contributed by atoms with Crippen LogP contribution in [0.5, 0.6) is 0 Å². The Morgan fingerprint density at radius 1 is 1.07 bits per heavy atom. The average Bonchev–Trinajstić information content (AvgIpc) is 2.72. The largest absolute Gasteiger partial charge is 0.378 e. The molecule has 0 unspecified atom stereocenters. The minimum Gasteiger partial charge on any atom is -0.378 e. The number of thioether (sulfide) groups is 1. The fourth-order valence-electron chi connectivity index (χ4n) is 3.08. The summed E-state index contributed by atoms with van der Waals surface area (Å²) in [6.07, 6.45) is 0. The smallest absolute Gasteiger partial charge is 0.254 e. The van der Waals surface area contributed by atoms with Gasteiger partial charge in [0, 0.05) is 29.2 Å². The molecule has 154 valence electrons. The van der Waals surface area contributed by atoms with Crippen LogP contribution >= 0.6 is 11.8 Å². The summed E-state index contributed by atoms with van der Waals surface area (Å²) < 4.78 is 5.30. The molecule has 1 fully saturated rings. The highest BCUT2D eigenvalue weighted by atomic mass is 32.2. The Kier molecular flexibility index (Phi) is 6.98. The van der Waals surface area contributed by atoms with Crippen LogP contribution in [0.15, 0.2) is 53.4 Å². The first-order valence-corrected chi connectivity index (χ1v) is 10.8. The molecule has 0 aromatic heterocycles. The number of rotatable bonds is 5. The molecule has 2 aromatic rings. The zero-order chi connectivity index (χ0) is 20.9. The van der Waals surface area contributed by atoms with Crippen molar-refractivity contribution in [2.24, 2.45) is 0 Å². The van der Waals surface area contributed by atoms with E-state index >= 15 is 0 Å². The summed E-state index contributed by atoms with van der Waals surface area (Å²) in [6, 6.07) is 15.4. The lowest BCUT2D eigenvalue weighted by Gasteiger charge is -2.27. The lowest BCUT2D eigenvalue weighted by Crippen LogP contribution is -2.40. The molecule has 0 radical (unpaired) electrons. The molecule has 2 aromatic carbocycles. The molecular formula is C23H28N2O3S. The summed E-state index contributed by atoms with van der Waals surface area (Å²) in [5, 5.41) is 2.89. The molecule has 29 heavy (non-hydrogen) atoms. The third-order valence-corrected chi connectivity index (χ3v) is 5.79. The van der Waals surface area contributed by atoms with Gasteiger partial charge in [-0.05, 0) is 41.3 Å². The second-order valence-electron chi connectivity index (χ2n) is 8.10. The summed E-state index contributed by atoms with van der Waals surface area (Å²) in [6.45, 7) is 8.87. The van der Waals surface area contributed by atoms with Crippen LogP contribution in [0.4, 0.5) is 5.69 Å². The van der Waals surface area contributed by atoms with Crippen LogP contribution in [0.25, 0.3) is 0 Å². The van der Waals surface area contributed by atoms with Crippen molar-refractivity contribution in [2.45, 2.75) is 31.1 Å². The Morgan fingerprint density at radius 2 is 1.76 bits per heavy atom. The molecule has 6 heteroatoms. The van der Waals surface area contributed by atoms with E-state index in [0.29, 0.717) is 43.3 Å². The van der Waals surface area contributed by atoms with E-state index in [1.165, 1.54) is 17.3 Å². The minimum atomic E-state index is -0.0918. The maximum Gasteiger partial charge on any atom is 0.254 e. The molecule has 0 bridgehead atoms. The van der Waals surface area contributed by atoms with E-state index in [-0.39, 0.29) is 17.2 Å². The molecule has 0 saturated carbocycles. The predicted molar refractivity (Wildman–Crippen MR) is 118 cm³/mol. The summed E-state index contributed by atoms with van der Waals surface area (Å²) in [5.74, 6) is 0.194. The van der Waals surface area contributed by atoms with E-state index in [2.05, 4.69) is 50.4 Å². The summed E-state index contributed by atoms with van der Waals surface area (Å²) in [7, 11) is 0. The Balaban J connectivity index is 1.54. The molecule has 1 saturated heterocycles. The first kappa shape index (κ1) is 21.4.